The lowest BCUT2D eigenvalue weighted by atomic mass is 10.2. The first-order valence-corrected chi connectivity index (χ1v) is 6.95. The fourth-order valence-corrected chi connectivity index (χ4v) is 2.55. The number of hydrogen-bond acceptors (Lipinski definition) is 3. The normalized spacial score (nSPS) is 20.9. The summed E-state index contributed by atoms with van der Waals surface area (Å²) in [7, 11) is 0. The molecule has 1 fully saturated rings. The molecule has 1 amide bonds. The molecule has 1 aliphatic heterocycles. The molecule has 0 unspecified atom stereocenters. The summed E-state index contributed by atoms with van der Waals surface area (Å²) >= 11 is 0. The van der Waals surface area contributed by atoms with Crippen LogP contribution in [0.15, 0.2) is 55.6 Å². The molecule has 0 aliphatic carbocycles. The predicted octanol–water partition coefficient (Wildman–Crippen LogP) is 2.46. The van der Waals surface area contributed by atoms with Crippen molar-refractivity contribution in [2.24, 2.45) is 0 Å². The maximum atomic E-state index is 12.2. The Kier molecular flexibility index (Phi) is 4.93. The van der Waals surface area contributed by atoms with Crippen LogP contribution in [0.2, 0.25) is 0 Å². The van der Waals surface area contributed by atoms with Crippen LogP contribution >= 0.6 is 0 Å². The molecule has 0 N–H and O–H groups in total. The van der Waals surface area contributed by atoms with Gasteiger partial charge in [-0.25, -0.2) is 4.79 Å². The molecule has 4 heteroatoms. The molecule has 0 aromatic heterocycles. The average Bonchev–Trinajstić information content (AvgIpc) is 2.96. The van der Waals surface area contributed by atoms with Crippen molar-refractivity contribution in [1.82, 2.24) is 4.90 Å². The number of nitrogens with zero attached hydrogens (tertiary/aromatic N) is 1. The zero-order chi connectivity index (χ0) is 15.2. The number of carbonyl (C=O) groups excluding carboxylic acids is 2. The predicted molar refractivity (Wildman–Crippen MR) is 80.3 cm³/mol. The number of amides is 1. The molecule has 1 aromatic rings. The fraction of sp³-hybridized carbons (Fsp3) is 0.294. The van der Waals surface area contributed by atoms with E-state index >= 15 is 0 Å². The molecule has 110 valence electrons. The van der Waals surface area contributed by atoms with E-state index in [9.17, 15) is 9.59 Å². The summed E-state index contributed by atoms with van der Waals surface area (Å²) in [4.78, 5) is 25.7. The maximum Gasteiger partial charge on any atom is 0.329 e. The van der Waals surface area contributed by atoms with E-state index in [4.69, 9.17) is 4.74 Å². The number of rotatable bonds is 5. The second kappa shape index (κ2) is 6.88. The molecule has 1 aliphatic rings. The molecule has 21 heavy (non-hydrogen) atoms. The lowest BCUT2D eigenvalue weighted by Crippen LogP contribution is -2.44. The summed E-state index contributed by atoms with van der Waals surface area (Å²) in [6, 6.07) is 8.77. The van der Waals surface area contributed by atoms with Gasteiger partial charge in [-0.3, -0.25) is 4.79 Å². The van der Waals surface area contributed by atoms with Crippen LogP contribution in [0.1, 0.15) is 18.4 Å². The van der Waals surface area contributed by atoms with Crippen LogP contribution in [-0.4, -0.2) is 28.9 Å². The van der Waals surface area contributed by atoms with Crippen LogP contribution in [0, 0.1) is 0 Å². The molecule has 4 nitrogen and oxygen atoms in total. The van der Waals surface area contributed by atoms with Gasteiger partial charge < -0.3 is 9.64 Å². The van der Waals surface area contributed by atoms with Gasteiger partial charge in [-0.2, -0.15) is 0 Å². The van der Waals surface area contributed by atoms with Crippen LogP contribution in [0.5, 0.6) is 0 Å². The molecule has 2 rings (SSSR count). The van der Waals surface area contributed by atoms with E-state index < -0.39 is 6.04 Å². The molecule has 0 bridgehead atoms. The maximum absolute atomic E-state index is 12.2. The Bertz CT molecular complexity index is 538. The number of esters is 1. The summed E-state index contributed by atoms with van der Waals surface area (Å²) in [5, 5.41) is 0. The lowest BCUT2D eigenvalue weighted by Gasteiger charge is -2.26. The zero-order valence-electron chi connectivity index (χ0n) is 11.9. The van der Waals surface area contributed by atoms with Crippen molar-refractivity contribution in [3.63, 3.8) is 0 Å². The Morgan fingerprint density at radius 3 is 2.57 bits per heavy atom. The van der Waals surface area contributed by atoms with Gasteiger partial charge in [0.05, 0.1) is 6.04 Å². The van der Waals surface area contributed by atoms with Crippen LogP contribution in [0.3, 0.4) is 0 Å². The summed E-state index contributed by atoms with van der Waals surface area (Å²) in [6.45, 7) is 7.41. The molecule has 0 saturated carbocycles. The first kappa shape index (κ1) is 15.0. The van der Waals surface area contributed by atoms with Gasteiger partial charge in [0.15, 0.2) is 0 Å². The molecular formula is C17H19NO3. The van der Waals surface area contributed by atoms with E-state index in [-0.39, 0.29) is 24.5 Å². The average molecular weight is 285 g/mol. The van der Waals surface area contributed by atoms with Crippen molar-refractivity contribution in [3.8, 4) is 0 Å². The number of carbonyl (C=O) groups is 2. The minimum Gasteiger partial charge on any atom is -0.459 e. The molecule has 0 spiro atoms. The first-order valence-electron chi connectivity index (χ1n) is 6.95. The van der Waals surface area contributed by atoms with Crippen LogP contribution in [0.4, 0.5) is 0 Å². The van der Waals surface area contributed by atoms with Gasteiger partial charge in [-0.15, -0.1) is 6.58 Å². The van der Waals surface area contributed by atoms with Crippen LogP contribution in [0.25, 0.3) is 0 Å². The molecule has 1 heterocycles. The van der Waals surface area contributed by atoms with Crippen molar-refractivity contribution in [2.75, 3.05) is 0 Å². The third kappa shape index (κ3) is 3.40. The zero-order valence-corrected chi connectivity index (χ0v) is 11.9. The Balaban J connectivity index is 2.02. The van der Waals surface area contributed by atoms with Crippen molar-refractivity contribution in [3.05, 3.63) is 61.2 Å². The van der Waals surface area contributed by atoms with Crippen molar-refractivity contribution in [2.45, 2.75) is 31.5 Å². The molecule has 1 aromatic carbocycles. The summed E-state index contributed by atoms with van der Waals surface area (Å²) < 4.78 is 5.33. The molecule has 0 radical (unpaired) electrons. The van der Waals surface area contributed by atoms with E-state index in [1.807, 2.05) is 30.3 Å². The number of ether oxygens (including phenoxy) is 1. The highest BCUT2D eigenvalue weighted by Crippen LogP contribution is 2.26. The van der Waals surface area contributed by atoms with E-state index in [0.29, 0.717) is 12.8 Å². The molecule has 2 atom stereocenters. The number of benzene rings is 1. The smallest absolute Gasteiger partial charge is 0.329 e. The van der Waals surface area contributed by atoms with Gasteiger partial charge >= 0.3 is 5.97 Å². The highest BCUT2D eigenvalue weighted by molar-refractivity contribution is 5.92. The first-order chi connectivity index (χ1) is 10.2. The topological polar surface area (TPSA) is 46.6 Å². The highest BCUT2D eigenvalue weighted by Gasteiger charge is 2.39. The summed E-state index contributed by atoms with van der Waals surface area (Å²) in [5.41, 5.74) is 0.922. The van der Waals surface area contributed by atoms with E-state index in [2.05, 4.69) is 13.2 Å². The third-order valence-corrected chi connectivity index (χ3v) is 3.63. The Labute approximate surface area is 124 Å². The third-order valence-electron chi connectivity index (χ3n) is 3.63. The number of hydrogen-bond donors (Lipinski definition) is 0. The Hall–Kier alpha value is -2.36. The van der Waals surface area contributed by atoms with Crippen molar-refractivity contribution < 1.29 is 14.3 Å². The quantitative estimate of drug-likeness (QED) is 0.474. The minimum absolute atomic E-state index is 0.134. The lowest BCUT2D eigenvalue weighted by molar-refractivity contribution is -0.154. The number of likely N-dealkylation sites (tertiary alicyclic amines) is 1. The largest absolute Gasteiger partial charge is 0.459 e. The van der Waals surface area contributed by atoms with Gasteiger partial charge in [-0.1, -0.05) is 43.0 Å². The van der Waals surface area contributed by atoms with Crippen LogP contribution in [-0.2, 0) is 20.9 Å². The van der Waals surface area contributed by atoms with Gasteiger partial charge in [0.25, 0.3) is 0 Å². The van der Waals surface area contributed by atoms with Gasteiger partial charge in [0, 0.05) is 0 Å². The van der Waals surface area contributed by atoms with Crippen LogP contribution < -0.4 is 0 Å². The molecular weight excluding hydrogens is 266 g/mol. The standard InChI is InChI=1S/C17H19NO3/c1-3-14-10-11-15(18(14)16(19)4-2)17(20)21-12-13-8-6-5-7-9-13/h3-9,14-15H,1-2,10-12H2/t14-,15+/m1/s1. The Morgan fingerprint density at radius 1 is 1.24 bits per heavy atom. The molecule has 1 saturated heterocycles. The fourth-order valence-electron chi connectivity index (χ4n) is 2.55. The summed E-state index contributed by atoms with van der Waals surface area (Å²) in [6.07, 6.45) is 4.21. The van der Waals surface area contributed by atoms with E-state index in [1.165, 1.54) is 11.0 Å². The Morgan fingerprint density at radius 2 is 1.95 bits per heavy atom. The SMILES string of the molecule is C=CC(=O)N1[C@H](C=C)CC[C@H]1C(=O)OCc1ccccc1. The second-order valence-corrected chi connectivity index (χ2v) is 4.94. The van der Waals surface area contributed by atoms with Gasteiger partial charge in [-0.05, 0) is 24.5 Å². The highest BCUT2D eigenvalue weighted by atomic mass is 16.5. The van der Waals surface area contributed by atoms with Gasteiger partial charge in [0.2, 0.25) is 5.91 Å². The van der Waals surface area contributed by atoms with Crippen molar-refractivity contribution >= 4 is 11.9 Å². The van der Waals surface area contributed by atoms with E-state index in [1.54, 1.807) is 6.08 Å². The minimum atomic E-state index is -0.554. The van der Waals surface area contributed by atoms with Gasteiger partial charge in [0.1, 0.15) is 12.6 Å². The summed E-state index contributed by atoms with van der Waals surface area (Å²) in [5.74, 6) is -0.641. The monoisotopic (exact) mass is 285 g/mol. The van der Waals surface area contributed by atoms with Crippen molar-refractivity contribution in [1.29, 1.82) is 0 Å². The van der Waals surface area contributed by atoms with E-state index in [0.717, 1.165) is 5.56 Å². The second-order valence-electron chi connectivity index (χ2n) is 4.94.